The maximum atomic E-state index is 10.5. The molecule has 0 radical (unpaired) electrons. The zero-order chi connectivity index (χ0) is 8.55. The molecule has 0 unspecified atom stereocenters. The SMILES string of the molecule is O=C(O)C1=COC2=CCOC2=C1. The smallest absolute Gasteiger partial charge is 0.338 e. The van der Waals surface area contributed by atoms with Crippen LogP contribution >= 0.6 is 0 Å². The van der Waals surface area contributed by atoms with Crippen LogP contribution in [0.5, 0.6) is 0 Å². The van der Waals surface area contributed by atoms with E-state index in [2.05, 4.69) is 0 Å². The predicted octanol–water partition coefficient (Wildman–Crippen LogP) is 0.783. The zero-order valence-electron chi connectivity index (χ0n) is 6.11. The quantitative estimate of drug-likeness (QED) is 0.625. The van der Waals surface area contributed by atoms with Crippen molar-refractivity contribution in [1.82, 2.24) is 0 Å². The monoisotopic (exact) mass is 166 g/mol. The Morgan fingerprint density at radius 1 is 1.50 bits per heavy atom. The van der Waals surface area contributed by atoms with Crippen LogP contribution in [0.1, 0.15) is 0 Å². The number of carboxylic acid groups (broad SMARTS) is 1. The first-order chi connectivity index (χ1) is 5.77. The largest absolute Gasteiger partial charge is 0.485 e. The van der Waals surface area contributed by atoms with Crippen molar-refractivity contribution in [3.63, 3.8) is 0 Å². The number of carbonyl (C=O) groups is 1. The van der Waals surface area contributed by atoms with Gasteiger partial charge in [-0.15, -0.1) is 0 Å². The van der Waals surface area contributed by atoms with E-state index in [-0.39, 0.29) is 5.57 Å². The average Bonchev–Trinajstić information content (AvgIpc) is 2.49. The molecule has 0 fully saturated rings. The minimum absolute atomic E-state index is 0.101. The second-order valence-electron chi connectivity index (χ2n) is 2.38. The summed E-state index contributed by atoms with van der Waals surface area (Å²) in [6.07, 6.45) is 4.40. The lowest BCUT2D eigenvalue weighted by Crippen LogP contribution is -2.05. The minimum atomic E-state index is -1.02. The van der Waals surface area contributed by atoms with Crippen molar-refractivity contribution in [2.75, 3.05) is 6.61 Å². The summed E-state index contributed by atoms with van der Waals surface area (Å²) in [5.41, 5.74) is 0.101. The third kappa shape index (κ3) is 0.972. The zero-order valence-corrected chi connectivity index (χ0v) is 6.11. The lowest BCUT2D eigenvalue weighted by molar-refractivity contribution is -0.132. The maximum absolute atomic E-state index is 10.5. The summed E-state index contributed by atoms with van der Waals surface area (Å²) in [7, 11) is 0. The highest BCUT2D eigenvalue weighted by Crippen LogP contribution is 2.25. The number of carboxylic acids is 1. The van der Waals surface area contributed by atoms with E-state index in [0.717, 1.165) is 0 Å². The highest BCUT2D eigenvalue weighted by atomic mass is 16.5. The minimum Gasteiger partial charge on any atom is -0.485 e. The molecular formula is C8H6O4. The summed E-state index contributed by atoms with van der Waals surface area (Å²) in [6, 6.07) is 0. The van der Waals surface area contributed by atoms with Crippen molar-refractivity contribution in [3.05, 3.63) is 35.5 Å². The van der Waals surface area contributed by atoms with Crippen LogP contribution in [0, 0.1) is 0 Å². The highest BCUT2D eigenvalue weighted by Gasteiger charge is 2.21. The summed E-state index contributed by atoms with van der Waals surface area (Å²) in [4.78, 5) is 10.5. The molecule has 62 valence electrons. The van der Waals surface area contributed by atoms with Crippen molar-refractivity contribution >= 4 is 5.97 Å². The van der Waals surface area contributed by atoms with E-state index in [1.54, 1.807) is 6.08 Å². The summed E-state index contributed by atoms with van der Waals surface area (Å²) >= 11 is 0. The third-order valence-electron chi connectivity index (χ3n) is 1.60. The molecule has 2 aliphatic heterocycles. The van der Waals surface area contributed by atoms with Crippen LogP contribution in [0.25, 0.3) is 0 Å². The molecular weight excluding hydrogens is 160 g/mol. The number of fused-ring (bicyclic) bond motifs is 1. The van der Waals surface area contributed by atoms with Gasteiger partial charge < -0.3 is 14.6 Å². The molecule has 2 rings (SSSR count). The molecule has 2 heterocycles. The molecule has 0 spiro atoms. The number of hydrogen-bond donors (Lipinski definition) is 1. The molecule has 0 aliphatic carbocycles. The van der Waals surface area contributed by atoms with Gasteiger partial charge in [0.05, 0.1) is 5.57 Å². The van der Waals surface area contributed by atoms with Crippen molar-refractivity contribution < 1.29 is 19.4 Å². The topological polar surface area (TPSA) is 55.8 Å². The van der Waals surface area contributed by atoms with E-state index < -0.39 is 5.97 Å². The van der Waals surface area contributed by atoms with Crippen molar-refractivity contribution in [1.29, 1.82) is 0 Å². The van der Waals surface area contributed by atoms with Gasteiger partial charge in [0.2, 0.25) is 0 Å². The van der Waals surface area contributed by atoms with E-state index in [1.807, 2.05) is 0 Å². The summed E-state index contributed by atoms with van der Waals surface area (Å²) < 4.78 is 10.1. The predicted molar refractivity (Wildman–Crippen MR) is 38.9 cm³/mol. The molecule has 0 aromatic heterocycles. The standard InChI is InChI=1S/C8H6O4/c9-8(10)5-3-7-6(12-4-5)1-2-11-7/h1,3-4H,2H2,(H,9,10). The molecule has 12 heavy (non-hydrogen) atoms. The van der Waals surface area contributed by atoms with Crippen LogP contribution in [0.15, 0.2) is 35.5 Å². The molecule has 0 aromatic carbocycles. The van der Waals surface area contributed by atoms with E-state index in [1.165, 1.54) is 12.3 Å². The van der Waals surface area contributed by atoms with Gasteiger partial charge in [0.25, 0.3) is 0 Å². The molecule has 0 atom stereocenters. The van der Waals surface area contributed by atoms with Crippen molar-refractivity contribution in [2.24, 2.45) is 0 Å². The normalized spacial score (nSPS) is 19.5. The Balaban J connectivity index is 2.30. The Bertz CT molecular complexity index is 322. The van der Waals surface area contributed by atoms with Gasteiger partial charge in [-0.25, -0.2) is 4.79 Å². The van der Waals surface area contributed by atoms with Crippen LogP contribution < -0.4 is 0 Å². The summed E-state index contributed by atoms with van der Waals surface area (Å²) in [5, 5.41) is 8.59. The molecule has 1 N–H and O–H groups in total. The second-order valence-corrected chi connectivity index (χ2v) is 2.38. The Morgan fingerprint density at radius 3 is 3.08 bits per heavy atom. The van der Waals surface area contributed by atoms with E-state index in [4.69, 9.17) is 14.6 Å². The van der Waals surface area contributed by atoms with Crippen LogP contribution in [0.2, 0.25) is 0 Å². The molecule has 0 amide bonds. The summed E-state index contributed by atoms with van der Waals surface area (Å²) in [5.74, 6) is 0.0759. The van der Waals surface area contributed by atoms with Gasteiger partial charge in [-0.2, -0.15) is 0 Å². The Morgan fingerprint density at radius 2 is 2.33 bits per heavy atom. The van der Waals surface area contributed by atoms with Crippen LogP contribution in [-0.4, -0.2) is 17.7 Å². The van der Waals surface area contributed by atoms with Crippen LogP contribution in [0.4, 0.5) is 0 Å². The van der Waals surface area contributed by atoms with Crippen molar-refractivity contribution in [2.45, 2.75) is 0 Å². The number of ether oxygens (including phenoxy) is 2. The fraction of sp³-hybridized carbons (Fsp3) is 0.125. The van der Waals surface area contributed by atoms with Gasteiger partial charge in [-0.3, -0.25) is 0 Å². The molecule has 0 saturated carbocycles. The van der Waals surface area contributed by atoms with Crippen molar-refractivity contribution in [3.8, 4) is 0 Å². The van der Waals surface area contributed by atoms with Gasteiger partial charge in [0.15, 0.2) is 11.5 Å². The molecule has 2 aliphatic rings. The van der Waals surface area contributed by atoms with E-state index in [0.29, 0.717) is 18.1 Å². The molecule has 4 heteroatoms. The molecule has 4 nitrogen and oxygen atoms in total. The maximum Gasteiger partial charge on any atom is 0.338 e. The fourth-order valence-corrected chi connectivity index (χ4v) is 1.01. The Kier molecular flexibility index (Phi) is 1.40. The van der Waals surface area contributed by atoms with Gasteiger partial charge in [0, 0.05) is 6.08 Å². The first kappa shape index (κ1) is 6.97. The molecule has 0 aromatic rings. The van der Waals surface area contributed by atoms with Gasteiger partial charge >= 0.3 is 5.97 Å². The van der Waals surface area contributed by atoms with Gasteiger partial charge in [0.1, 0.15) is 12.9 Å². The summed E-state index contributed by atoms with van der Waals surface area (Å²) in [6.45, 7) is 0.446. The third-order valence-corrected chi connectivity index (χ3v) is 1.60. The lowest BCUT2D eigenvalue weighted by atomic mass is 10.2. The molecule has 0 saturated heterocycles. The number of hydrogen-bond acceptors (Lipinski definition) is 3. The van der Waals surface area contributed by atoms with E-state index in [9.17, 15) is 4.79 Å². The van der Waals surface area contributed by atoms with Gasteiger partial charge in [-0.1, -0.05) is 0 Å². The lowest BCUT2D eigenvalue weighted by Gasteiger charge is -2.09. The van der Waals surface area contributed by atoms with E-state index >= 15 is 0 Å². The first-order valence-electron chi connectivity index (χ1n) is 3.42. The first-order valence-corrected chi connectivity index (χ1v) is 3.42. The molecule has 0 bridgehead atoms. The average molecular weight is 166 g/mol. The number of aliphatic carboxylic acids is 1. The van der Waals surface area contributed by atoms with Crippen LogP contribution in [0.3, 0.4) is 0 Å². The van der Waals surface area contributed by atoms with Crippen LogP contribution in [-0.2, 0) is 14.3 Å². The fourth-order valence-electron chi connectivity index (χ4n) is 1.01. The Labute approximate surface area is 68.4 Å². The van der Waals surface area contributed by atoms with Gasteiger partial charge in [-0.05, 0) is 6.08 Å². The Hall–Kier alpha value is -1.71. The second kappa shape index (κ2) is 2.41. The highest BCUT2D eigenvalue weighted by molar-refractivity contribution is 5.90. The number of rotatable bonds is 1.